The molecule has 1 aliphatic rings. The summed E-state index contributed by atoms with van der Waals surface area (Å²) < 4.78 is 0. The Morgan fingerprint density at radius 1 is 1.56 bits per heavy atom. The third-order valence-corrected chi connectivity index (χ3v) is 3.34. The number of nitrogens with zero attached hydrogens (tertiary/aromatic N) is 2. The summed E-state index contributed by atoms with van der Waals surface area (Å²) in [6.45, 7) is 4.99. The van der Waals surface area contributed by atoms with Crippen LogP contribution in [0.15, 0.2) is 24.5 Å². The van der Waals surface area contributed by atoms with E-state index in [2.05, 4.69) is 18.8 Å². The van der Waals surface area contributed by atoms with Crippen molar-refractivity contribution in [3.8, 4) is 0 Å². The van der Waals surface area contributed by atoms with Gasteiger partial charge in [0.2, 0.25) is 5.91 Å². The van der Waals surface area contributed by atoms with Crippen LogP contribution in [0.25, 0.3) is 0 Å². The summed E-state index contributed by atoms with van der Waals surface area (Å²) in [5.41, 5.74) is 7.26. The molecule has 2 rings (SSSR count). The minimum Gasteiger partial charge on any atom is -0.334 e. The van der Waals surface area contributed by atoms with Crippen molar-refractivity contribution >= 4 is 5.91 Å². The van der Waals surface area contributed by atoms with Gasteiger partial charge in [-0.05, 0) is 24.0 Å². The van der Waals surface area contributed by atoms with Gasteiger partial charge in [0.1, 0.15) is 0 Å². The van der Waals surface area contributed by atoms with Crippen LogP contribution >= 0.6 is 0 Å². The zero-order chi connectivity index (χ0) is 13.1. The summed E-state index contributed by atoms with van der Waals surface area (Å²) in [5, 5.41) is 0. The van der Waals surface area contributed by atoms with Gasteiger partial charge in [0.15, 0.2) is 0 Å². The second-order valence-electron chi connectivity index (χ2n) is 5.37. The van der Waals surface area contributed by atoms with Crippen molar-refractivity contribution in [1.82, 2.24) is 9.88 Å². The van der Waals surface area contributed by atoms with E-state index >= 15 is 0 Å². The number of likely N-dealkylation sites (tertiary alicyclic amines) is 1. The SMILES string of the molecule is CC(C)CN1C(=O)CCC(N)C1c1cccnc1. The number of carbonyl (C=O) groups excluding carboxylic acids is 1. The Kier molecular flexibility index (Phi) is 3.97. The highest BCUT2D eigenvalue weighted by Crippen LogP contribution is 2.31. The minimum atomic E-state index is -0.0256. The molecule has 2 unspecified atom stereocenters. The molecule has 0 aliphatic carbocycles. The van der Waals surface area contributed by atoms with E-state index < -0.39 is 0 Å². The molecule has 4 nitrogen and oxygen atoms in total. The molecule has 0 saturated carbocycles. The second-order valence-corrected chi connectivity index (χ2v) is 5.37. The Bertz CT molecular complexity index is 405. The van der Waals surface area contributed by atoms with E-state index in [1.54, 1.807) is 6.20 Å². The number of piperidine rings is 1. The van der Waals surface area contributed by atoms with Crippen molar-refractivity contribution < 1.29 is 4.79 Å². The number of pyridine rings is 1. The summed E-state index contributed by atoms with van der Waals surface area (Å²) in [6.07, 6.45) is 4.88. The molecule has 4 heteroatoms. The highest BCUT2D eigenvalue weighted by atomic mass is 16.2. The number of aromatic nitrogens is 1. The number of amides is 1. The predicted molar refractivity (Wildman–Crippen MR) is 70.7 cm³/mol. The number of hydrogen-bond donors (Lipinski definition) is 1. The van der Waals surface area contributed by atoms with Gasteiger partial charge in [-0.3, -0.25) is 9.78 Å². The van der Waals surface area contributed by atoms with Gasteiger partial charge < -0.3 is 10.6 Å². The molecule has 0 aromatic carbocycles. The van der Waals surface area contributed by atoms with Crippen LogP contribution in [0.2, 0.25) is 0 Å². The van der Waals surface area contributed by atoms with Gasteiger partial charge in [-0.15, -0.1) is 0 Å². The topological polar surface area (TPSA) is 59.2 Å². The van der Waals surface area contributed by atoms with Crippen molar-refractivity contribution in [3.63, 3.8) is 0 Å². The maximum Gasteiger partial charge on any atom is 0.223 e. The Balaban J connectivity index is 2.29. The predicted octanol–water partition coefficient (Wildman–Crippen LogP) is 1.73. The lowest BCUT2D eigenvalue weighted by Gasteiger charge is -2.40. The molecule has 1 amide bonds. The standard InChI is InChI=1S/C14H21N3O/c1-10(2)9-17-13(18)6-5-12(15)14(17)11-4-3-7-16-8-11/h3-4,7-8,10,12,14H,5-6,9,15H2,1-2H3. The zero-order valence-electron chi connectivity index (χ0n) is 11.0. The summed E-state index contributed by atoms with van der Waals surface area (Å²) in [4.78, 5) is 18.2. The Labute approximate surface area is 108 Å². The molecule has 1 aromatic rings. The maximum atomic E-state index is 12.1. The molecule has 98 valence electrons. The zero-order valence-corrected chi connectivity index (χ0v) is 11.0. The molecule has 0 radical (unpaired) electrons. The van der Waals surface area contributed by atoms with E-state index in [0.717, 1.165) is 18.5 Å². The van der Waals surface area contributed by atoms with Gasteiger partial charge in [0, 0.05) is 31.4 Å². The van der Waals surface area contributed by atoms with Crippen LogP contribution in [0.4, 0.5) is 0 Å². The van der Waals surface area contributed by atoms with E-state index in [1.807, 2.05) is 23.2 Å². The normalized spacial score (nSPS) is 24.7. The molecule has 1 fully saturated rings. The van der Waals surface area contributed by atoms with Crippen LogP contribution in [-0.4, -0.2) is 28.4 Å². The number of carbonyl (C=O) groups is 1. The lowest BCUT2D eigenvalue weighted by molar-refractivity contribution is -0.138. The van der Waals surface area contributed by atoms with Gasteiger partial charge in [0.05, 0.1) is 6.04 Å². The molecule has 2 N–H and O–H groups in total. The van der Waals surface area contributed by atoms with Gasteiger partial charge in [0.25, 0.3) is 0 Å². The first-order valence-corrected chi connectivity index (χ1v) is 6.54. The fraction of sp³-hybridized carbons (Fsp3) is 0.571. The van der Waals surface area contributed by atoms with E-state index in [-0.39, 0.29) is 18.0 Å². The van der Waals surface area contributed by atoms with Gasteiger partial charge in [-0.25, -0.2) is 0 Å². The van der Waals surface area contributed by atoms with Crippen LogP contribution in [0.5, 0.6) is 0 Å². The van der Waals surface area contributed by atoms with Gasteiger partial charge >= 0.3 is 0 Å². The first kappa shape index (κ1) is 13.0. The molecule has 1 aromatic heterocycles. The highest BCUT2D eigenvalue weighted by Gasteiger charge is 2.35. The first-order valence-electron chi connectivity index (χ1n) is 6.54. The average Bonchev–Trinajstić information content (AvgIpc) is 2.35. The fourth-order valence-corrected chi connectivity index (χ4v) is 2.56. The molecule has 1 aliphatic heterocycles. The van der Waals surface area contributed by atoms with Crippen LogP contribution in [-0.2, 0) is 4.79 Å². The Morgan fingerprint density at radius 2 is 2.33 bits per heavy atom. The van der Waals surface area contributed by atoms with Crippen LogP contribution in [0, 0.1) is 5.92 Å². The number of nitrogens with two attached hydrogens (primary N) is 1. The molecule has 0 bridgehead atoms. The van der Waals surface area contributed by atoms with Crippen molar-refractivity contribution in [2.24, 2.45) is 11.7 Å². The van der Waals surface area contributed by atoms with Gasteiger partial charge in [-0.1, -0.05) is 19.9 Å². The van der Waals surface area contributed by atoms with E-state index in [1.165, 1.54) is 0 Å². The molecule has 18 heavy (non-hydrogen) atoms. The Hall–Kier alpha value is -1.42. The Morgan fingerprint density at radius 3 is 2.94 bits per heavy atom. The molecule has 2 heterocycles. The van der Waals surface area contributed by atoms with Crippen LogP contribution in [0.3, 0.4) is 0 Å². The highest BCUT2D eigenvalue weighted by molar-refractivity contribution is 5.78. The number of rotatable bonds is 3. The van der Waals surface area contributed by atoms with Crippen molar-refractivity contribution in [2.75, 3.05) is 6.54 Å². The first-order chi connectivity index (χ1) is 8.59. The summed E-state index contributed by atoms with van der Waals surface area (Å²) in [7, 11) is 0. The summed E-state index contributed by atoms with van der Waals surface area (Å²) >= 11 is 0. The van der Waals surface area contributed by atoms with E-state index in [9.17, 15) is 4.79 Å². The third kappa shape index (κ3) is 2.70. The van der Waals surface area contributed by atoms with Crippen molar-refractivity contribution in [1.29, 1.82) is 0 Å². The lowest BCUT2D eigenvalue weighted by atomic mass is 9.90. The largest absolute Gasteiger partial charge is 0.334 e. The lowest BCUT2D eigenvalue weighted by Crippen LogP contribution is -2.50. The van der Waals surface area contributed by atoms with Crippen molar-refractivity contribution in [2.45, 2.75) is 38.8 Å². The molecular formula is C14H21N3O. The van der Waals surface area contributed by atoms with Crippen LogP contribution in [0.1, 0.15) is 38.3 Å². The average molecular weight is 247 g/mol. The maximum absolute atomic E-state index is 12.1. The third-order valence-electron chi connectivity index (χ3n) is 3.34. The van der Waals surface area contributed by atoms with Crippen molar-refractivity contribution in [3.05, 3.63) is 30.1 Å². The molecule has 2 atom stereocenters. The van der Waals surface area contributed by atoms with Crippen LogP contribution < -0.4 is 5.73 Å². The molecular weight excluding hydrogens is 226 g/mol. The minimum absolute atomic E-state index is 0.00523. The number of hydrogen-bond acceptors (Lipinski definition) is 3. The molecule has 0 spiro atoms. The second kappa shape index (κ2) is 5.48. The summed E-state index contributed by atoms with van der Waals surface area (Å²) in [5.74, 6) is 0.651. The quantitative estimate of drug-likeness (QED) is 0.885. The van der Waals surface area contributed by atoms with E-state index in [4.69, 9.17) is 5.73 Å². The van der Waals surface area contributed by atoms with E-state index in [0.29, 0.717) is 12.3 Å². The van der Waals surface area contributed by atoms with Gasteiger partial charge in [-0.2, -0.15) is 0 Å². The summed E-state index contributed by atoms with van der Waals surface area (Å²) in [6, 6.07) is 3.88. The fourth-order valence-electron chi connectivity index (χ4n) is 2.56. The monoisotopic (exact) mass is 247 g/mol. The smallest absolute Gasteiger partial charge is 0.223 e. The molecule has 1 saturated heterocycles.